The van der Waals surface area contributed by atoms with E-state index in [2.05, 4.69) is 78.8 Å². The number of carbonyl (C=O) groups is 1. The second kappa shape index (κ2) is 42.2. The molecule has 0 amide bonds. The van der Waals surface area contributed by atoms with Crippen LogP contribution in [0.25, 0.3) is 0 Å². The quantitative estimate of drug-likeness (QED) is 0.0197. The van der Waals surface area contributed by atoms with Gasteiger partial charge in [-0.1, -0.05) is 171 Å². The minimum Gasteiger partial charge on any atom is -0.457 e. The van der Waals surface area contributed by atoms with Gasteiger partial charge in [-0.25, -0.2) is 4.18 Å². The van der Waals surface area contributed by atoms with Crippen LogP contribution in [0.3, 0.4) is 0 Å². The Morgan fingerprint density at radius 3 is 1.58 bits per heavy atom. The second-order valence-electron chi connectivity index (χ2n) is 17.0. The minimum absolute atomic E-state index is 0.0247. The van der Waals surface area contributed by atoms with E-state index < -0.39 is 59.8 Å². The summed E-state index contributed by atoms with van der Waals surface area (Å²) >= 11 is 0. The maximum Gasteiger partial charge on any atom is 0.397 e. The smallest absolute Gasteiger partial charge is 0.397 e. The zero-order chi connectivity index (χ0) is 46.8. The number of allylic oxidation sites excluding steroid dienone is 10. The third kappa shape index (κ3) is 35.1. The van der Waals surface area contributed by atoms with Gasteiger partial charge in [0, 0.05) is 13.0 Å². The standard InChI is InChI=1S/C51H90O12S/c1-3-5-7-9-11-13-15-17-19-20-21-22-23-24-25-27-29-31-33-35-37-39-41-59-43-45(44-60-51-49(55)50(63-64(56,57)58)48(54)46(42-52)62-51)61-47(53)40-38-36-34-32-30-28-26-18-16-14-12-10-8-6-4-2/h6,8,12,14-15,17-18,20-21,26,45-46,48-52,54-55H,3-5,7,9-11,13,16,19,22-25,27-44H2,1-2H3,(H,56,57,58)/b8-6-,14-12-,17-15-,21-20-,26-18-. The van der Waals surface area contributed by atoms with Crippen molar-refractivity contribution in [2.45, 2.75) is 230 Å². The van der Waals surface area contributed by atoms with E-state index in [-0.39, 0.29) is 19.6 Å². The molecule has 0 saturated carbocycles. The number of unbranched alkanes of at least 4 members (excludes halogenated alkanes) is 20. The van der Waals surface area contributed by atoms with Crippen molar-refractivity contribution in [3.05, 3.63) is 60.8 Å². The van der Waals surface area contributed by atoms with Crippen molar-refractivity contribution >= 4 is 16.4 Å². The normalized spacial score (nSPS) is 20.2. The molecule has 0 aliphatic carbocycles. The summed E-state index contributed by atoms with van der Waals surface area (Å²) in [7, 11) is -5.07. The molecule has 372 valence electrons. The lowest BCUT2D eigenvalue weighted by Crippen LogP contribution is -2.60. The zero-order valence-electron chi connectivity index (χ0n) is 39.8. The Morgan fingerprint density at radius 2 is 1.08 bits per heavy atom. The van der Waals surface area contributed by atoms with Crippen molar-refractivity contribution in [2.75, 3.05) is 26.4 Å². The lowest BCUT2D eigenvalue weighted by molar-refractivity contribution is -0.301. The van der Waals surface area contributed by atoms with Crippen molar-refractivity contribution in [3.63, 3.8) is 0 Å². The maximum atomic E-state index is 12.9. The lowest BCUT2D eigenvalue weighted by atomic mass is 9.99. The number of carbonyl (C=O) groups excluding carboxylic acids is 1. The summed E-state index contributed by atoms with van der Waals surface area (Å²) in [6.07, 6.45) is 44.0. The van der Waals surface area contributed by atoms with Gasteiger partial charge in [-0.05, 0) is 77.0 Å². The molecule has 4 N–H and O–H groups in total. The number of aliphatic hydroxyl groups excluding tert-OH is 3. The van der Waals surface area contributed by atoms with Crippen LogP contribution in [0.5, 0.6) is 0 Å². The molecule has 0 radical (unpaired) electrons. The molecule has 1 fully saturated rings. The predicted octanol–water partition coefficient (Wildman–Crippen LogP) is 11.3. The molecule has 1 aliphatic rings. The second-order valence-corrected chi connectivity index (χ2v) is 18.1. The van der Waals surface area contributed by atoms with Gasteiger partial charge in [0.15, 0.2) is 6.29 Å². The van der Waals surface area contributed by atoms with Crippen molar-refractivity contribution in [1.29, 1.82) is 0 Å². The van der Waals surface area contributed by atoms with Gasteiger partial charge >= 0.3 is 16.4 Å². The monoisotopic (exact) mass is 927 g/mol. The van der Waals surface area contributed by atoms with E-state index in [4.69, 9.17) is 18.9 Å². The average molecular weight is 927 g/mol. The van der Waals surface area contributed by atoms with Gasteiger partial charge in [0.05, 0.1) is 19.8 Å². The van der Waals surface area contributed by atoms with Crippen LogP contribution in [0.4, 0.5) is 0 Å². The summed E-state index contributed by atoms with van der Waals surface area (Å²) in [4.78, 5) is 12.9. The van der Waals surface area contributed by atoms with Gasteiger partial charge in [0.1, 0.15) is 30.5 Å². The molecule has 1 saturated heterocycles. The Kier molecular flexibility index (Phi) is 39.4. The van der Waals surface area contributed by atoms with Gasteiger partial charge in [-0.2, -0.15) is 8.42 Å². The first-order valence-corrected chi connectivity index (χ1v) is 26.4. The molecule has 0 bridgehead atoms. The van der Waals surface area contributed by atoms with Crippen LogP contribution in [0, 0.1) is 0 Å². The Labute approximate surface area is 388 Å². The summed E-state index contributed by atoms with van der Waals surface area (Å²) in [6, 6.07) is 0. The number of rotatable bonds is 43. The Morgan fingerprint density at radius 1 is 0.609 bits per heavy atom. The highest BCUT2D eigenvalue weighted by molar-refractivity contribution is 7.80. The molecule has 13 heteroatoms. The fraction of sp³-hybridized carbons (Fsp3) is 0.784. The van der Waals surface area contributed by atoms with Gasteiger partial charge in [0.2, 0.25) is 0 Å². The molecule has 1 rings (SSSR count). The SMILES string of the molecule is CC/C=C\C/C=C\C/C=C\CCCCCCCC(=O)OC(COCCCCCCCCCCCC/C=C\C/C=C\CCCCCCC)COC1OC(CO)C(O)C(OS(=O)(=O)O)C1O. The highest BCUT2D eigenvalue weighted by Crippen LogP contribution is 2.26. The van der Waals surface area contributed by atoms with E-state index in [9.17, 15) is 33.1 Å². The molecule has 6 unspecified atom stereocenters. The molecule has 64 heavy (non-hydrogen) atoms. The highest BCUT2D eigenvalue weighted by atomic mass is 32.3. The van der Waals surface area contributed by atoms with Gasteiger partial charge in [0.25, 0.3) is 0 Å². The maximum absolute atomic E-state index is 12.9. The van der Waals surface area contributed by atoms with E-state index in [0.717, 1.165) is 77.0 Å². The first-order valence-electron chi connectivity index (χ1n) is 25.0. The predicted molar refractivity (Wildman–Crippen MR) is 257 cm³/mol. The fourth-order valence-electron chi connectivity index (χ4n) is 7.36. The Balaban J connectivity index is 2.37. The average Bonchev–Trinajstić information content (AvgIpc) is 3.27. The van der Waals surface area contributed by atoms with E-state index in [0.29, 0.717) is 13.0 Å². The zero-order valence-corrected chi connectivity index (χ0v) is 40.6. The molecule has 1 aliphatic heterocycles. The first kappa shape index (κ1) is 59.8. The summed E-state index contributed by atoms with van der Waals surface area (Å²) < 4.78 is 59.2. The van der Waals surface area contributed by atoms with Crippen molar-refractivity contribution in [3.8, 4) is 0 Å². The fourth-order valence-corrected chi connectivity index (χ4v) is 7.87. The highest BCUT2D eigenvalue weighted by Gasteiger charge is 2.48. The summed E-state index contributed by atoms with van der Waals surface area (Å²) in [6.45, 7) is 3.84. The summed E-state index contributed by atoms with van der Waals surface area (Å²) in [5.41, 5.74) is 0. The van der Waals surface area contributed by atoms with E-state index in [1.165, 1.54) is 89.9 Å². The molecule has 0 aromatic rings. The molecule has 12 nitrogen and oxygen atoms in total. The van der Waals surface area contributed by atoms with Crippen molar-refractivity contribution in [2.24, 2.45) is 0 Å². The van der Waals surface area contributed by atoms with Crippen molar-refractivity contribution < 1.29 is 56.2 Å². The lowest BCUT2D eigenvalue weighted by Gasteiger charge is -2.41. The van der Waals surface area contributed by atoms with Gasteiger partial charge < -0.3 is 34.3 Å². The van der Waals surface area contributed by atoms with E-state index >= 15 is 0 Å². The van der Waals surface area contributed by atoms with Crippen LogP contribution in [0.1, 0.15) is 194 Å². The van der Waals surface area contributed by atoms with Crippen LogP contribution < -0.4 is 0 Å². The van der Waals surface area contributed by atoms with Crippen LogP contribution in [0.15, 0.2) is 60.8 Å². The topological polar surface area (TPSA) is 178 Å². The Bertz CT molecular complexity index is 1350. The number of hydrogen-bond acceptors (Lipinski definition) is 11. The molecule has 1 heterocycles. The number of hydrogen-bond donors (Lipinski definition) is 4. The molecule has 6 atom stereocenters. The largest absolute Gasteiger partial charge is 0.457 e. The van der Waals surface area contributed by atoms with Crippen LogP contribution in [0.2, 0.25) is 0 Å². The minimum atomic E-state index is -5.07. The summed E-state index contributed by atoms with van der Waals surface area (Å²) in [5.74, 6) is -0.418. The molecule has 0 spiro atoms. The van der Waals surface area contributed by atoms with Crippen LogP contribution >= 0.6 is 0 Å². The van der Waals surface area contributed by atoms with Crippen molar-refractivity contribution in [1.82, 2.24) is 0 Å². The van der Waals surface area contributed by atoms with E-state index in [1.807, 2.05) is 0 Å². The molecular formula is C51H90O12S. The van der Waals surface area contributed by atoms with Gasteiger partial charge in [-0.15, -0.1) is 0 Å². The molecule has 0 aromatic heterocycles. The molecule has 0 aromatic carbocycles. The number of ether oxygens (including phenoxy) is 4. The van der Waals surface area contributed by atoms with Gasteiger partial charge in [-0.3, -0.25) is 9.35 Å². The first-order chi connectivity index (χ1) is 31.1. The van der Waals surface area contributed by atoms with E-state index in [1.54, 1.807) is 0 Å². The third-order valence-electron chi connectivity index (χ3n) is 11.1. The van der Waals surface area contributed by atoms with Crippen LogP contribution in [-0.2, 0) is 38.3 Å². The van der Waals surface area contributed by atoms with Crippen LogP contribution in [-0.4, -0.2) is 97.5 Å². The Hall–Kier alpha value is -2.20. The molecular weight excluding hydrogens is 837 g/mol. The third-order valence-corrected chi connectivity index (χ3v) is 11.6. The summed E-state index contributed by atoms with van der Waals surface area (Å²) in [5, 5.41) is 30.7. The number of esters is 1. The number of aliphatic hydroxyl groups is 3.